The molecule has 4 saturated carbocycles. The fourth-order valence-electron chi connectivity index (χ4n) is 6.87. The Morgan fingerprint density at radius 1 is 1.05 bits per heavy atom. The van der Waals surface area contributed by atoms with Crippen LogP contribution in [-0.2, 0) is 9.59 Å². The van der Waals surface area contributed by atoms with Crippen LogP contribution in [0.5, 0.6) is 0 Å². The lowest BCUT2D eigenvalue weighted by Gasteiger charge is -2.59. The minimum atomic E-state index is -0.751. The fourth-order valence-corrected chi connectivity index (χ4v) is 6.87. The summed E-state index contributed by atoms with van der Waals surface area (Å²) < 4.78 is 0. The molecule has 122 valence electrons. The van der Waals surface area contributed by atoms with E-state index in [1.165, 1.54) is 6.42 Å². The van der Waals surface area contributed by atoms with E-state index >= 15 is 0 Å². The standard InChI is InChI=1S/C19H28O3/c1-18-8-7-14-12(13(18)5-6-17(18)22)4-3-11-9-15(20)16(21)10-19(11,14)2/h11-14,16,21H,3-10H2,1-2H3/t11-,12-,13-,14-,16?,18-,19-/m0/s1. The molecule has 0 aliphatic heterocycles. The van der Waals surface area contributed by atoms with Crippen LogP contribution in [0.1, 0.15) is 65.2 Å². The van der Waals surface area contributed by atoms with Gasteiger partial charge in [0, 0.05) is 18.3 Å². The Balaban J connectivity index is 1.66. The van der Waals surface area contributed by atoms with Crippen LogP contribution in [-0.4, -0.2) is 22.8 Å². The van der Waals surface area contributed by atoms with Crippen LogP contribution in [0.4, 0.5) is 0 Å². The van der Waals surface area contributed by atoms with Crippen LogP contribution in [0.15, 0.2) is 0 Å². The molecule has 22 heavy (non-hydrogen) atoms. The molecule has 0 spiro atoms. The molecule has 3 nitrogen and oxygen atoms in total. The minimum Gasteiger partial charge on any atom is -0.385 e. The fraction of sp³-hybridized carbons (Fsp3) is 0.895. The monoisotopic (exact) mass is 304 g/mol. The van der Waals surface area contributed by atoms with Gasteiger partial charge in [0.1, 0.15) is 11.9 Å². The molecule has 4 aliphatic rings. The van der Waals surface area contributed by atoms with E-state index in [9.17, 15) is 14.7 Å². The minimum absolute atomic E-state index is 0.0533. The molecule has 4 aliphatic carbocycles. The summed E-state index contributed by atoms with van der Waals surface area (Å²) in [5, 5.41) is 10.1. The summed E-state index contributed by atoms with van der Waals surface area (Å²) in [5.41, 5.74) is 0.0245. The van der Waals surface area contributed by atoms with E-state index in [0.29, 0.717) is 42.3 Å². The van der Waals surface area contributed by atoms with Gasteiger partial charge in [0.2, 0.25) is 0 Å². The van der Waals surface area contributed by atoms with Gasteiger partial charge >= 0.3 is 0 Å². The van der Waals surface area contributed by atoms with Crippen molar-refractivity contribution in [3.05, 3.63) is 0 Å². The Kier molecular flexibility index (Phi) is 3.15. The summed E-state index contributed by atoms with van der Waals surface area (Å²) in [4.78, 5) is 24.3. The van der Waals surface area contributed by atoms with Crippen LogP contribution in [0.2, 0.25) is 0 Å². The molecule has 3 heteroatoms. The van der Waals surface area contributed by atoms with Gasteiger partial charge in [-0.2, -0.15) is 0 Å². The lowest BCUT2D eigenvalue weighted by atomic mass is 9.45. The largest absolute Gasteiger partial charge is 0.385 e. The Hall–Kier alpha value is -0.700. The quantitative estimate of drug-likeness (QED) is 0.748. The van der Waals surface area contributed by atoms with Crippen molar-refractivity contribution in [1.82, 2.24) is 0 Å². The second-order valence-electron chi connectivity index (χ2n) is 8.97. The summed E-state index contributed by atoms with van der Waals surface area (Å²) >= 11 is 0. The molecule has 4 fully saturated rings. The number of hydrogen-bond acceptors (Lipinski definition) is 3. The average Bonchev–Trinajstić information content (AvgIpc) is 2.77. The molecule has 0 heterocycles. The van der Waals surface area contributed by atoms with Gasteiger partial charge in [-0.15, -0.1) is 0 Å². The van der Waals surface area contributed by atoms with Crippen molar-refractivity contribution >= 4 is 11.6 Å². The first-order valence-corrected chi connectivity index (χ1v) is 9.10. The number of aliphatic hydroxyl groups is 1. The lowest BCUT2D eigenvalue weighted by Crippen LogP contribution is -2.55. The van der Waals surface area contributed by atoms with E-state index in [-0.39, 0.29) is 16.6 Å². The van der Waals surface area contributed by atoms with Gasteiger partial charge in [-0.1, -0.05) is 13.8 Å². The third-order valence-electron chi connectivity index (χ3n) is 8.23. The Bertz CT molecular complexity index is 527. The Morgan fingerprint density at radius 2 is 1.82 bits per heavy atom. The van der Waals surface area contributed by atoms with Crippen molar-refractivity contribution in [3.63, 3.8) is 0 Å². The molecular formula is C19H28O3. The second-order valence-corrected chi connectivity index (χ2v) is 8.97. The van der Waals surface area contributed by atoms with E-state index in [1.54, 1.807) is 0 Å². The highest BCUT2D eigenvalue weighted by atomic mass is 16.3. The highest BCUT2D eigenvalue weighted by Crippen LogP contribution is 2.65. The van der Waals surface area contributed by atoms with Crippen molar-refractivity contribution < 1.29 is 14.7 Å². The van der Waals surface area contributed by atoms with Crippen LogP contribution < -0.4 is 0 Å². The number of rotatable bonds is 0. The predicted octanol–water partition coefficient (Wildman–Crippen LogP) is 3.14. The maximum atomic E-state index is 12.4. The number of carbonyl (C=O) groups is 2. The van der Waals surface area contributed by atoms with Crippen molar-refractivity contribution in [3.8, 4) is 0 Å². The molecule has 0 saturated heterocycles. The number of Topliss-reactive ketones (excluding diaryl/α,β-unsaturated/α-hetero) is 2. The number of fused-ring (bicyclic) bond motifs is 5. The number of hydrogen-bond donors (Lipinski definition) is 1. The van der Waals surface area contributed by atoms with Crippen LogP contribution in [0, 0.1) is 34.5 Å². The highest BCUT2D eigenvalue weighted by Gasteiger charge is 2.61. The molecule has 1 N–H and O–H groups in total. The van der Waals surface area contributed by atoms with Gasteiger partial charge < -0.3 is 5.11 Å². The maximum absolute atomic E-state index is 12.4. The van der Waals surface area contributed by atoms with Crippen LogP contribution in [0.25, 0.3) is 0 Å². The van der Waals surface area contributed by atoms with Gasteiger partial charge in [0.15, 0.2) is 5.78 Å². The Morgan fingerprint density at radius 3 is 2.59 bits per heavy atom. The number of carbonyl (C=O) groups excluding carboxylic acids is 2. The predicted molar refractivity (Wildman–Crippen MR) is 83.1 cm³/mol. The van der Waals surface area contributed by atoms with E-state index in [2.05, 4.69) is 13.8 Å². The SMILES string of the molecule is C[C@]12CC(O)C(=O)C[C@@H]1CC[C@@H]1[C@@H]2CC[C@]2(C)C(=O)CC[C@@H]12. The zero-order valence-corrected chi connectivity index (χ0v) is 13.8. The smallest absolute Gasteiger partial charge is 0.161 e. The normalized spacial score (nSPS) is 54.6. The molecule has 0 amide bonds. The molecule has 0 bridgehead atoms. The van der Waals surface area contributed by atoms with E-state index in [4.69, 9.17) is 0 Å². The van der Waals surface area contributed by atoms with Crippen molar-refractivity contribution in [2.75, 3.05) is 0 Å². The lowest BCUT2D eigenvalue weighted by molar-refractivity contribution is -0.156. The van der Waals surface area contributed by atoms with Crippen LogP contribution in [0.3, 0.4) is 0 Å². The van der Waals surface area contributed by atoms with E-state index in [0.717, 1.165) is 32.1 Å². The summed E-state index contributed by atoms with van der Waals surface area (Å²) in [6, 6.07) is 0. The van der Waals surface area contributed by atoms with Gasteiger partial charge in [-0.05, 0) is 67.6 Å². The van der Waals surface area contributed by atoms with Gasteiger partial charge in [-0.25, -0.2) is 0 Å². The summed E-state index contributed by atoms with van der Waals surface area (Å²) in [7, 11) is 0. The molecule has 0 aromatic rings. The van der Waals surface area contributed by atoms with Gasteiger partial charge in [-0.3, -0.25) is 9.59 Å². The highest BCUT2D eigenvalue weighted by molar-refractivity contribution is 5.87. The first-order chi connectivity index (χ1) is 10.4. The molecular weight excluding hydrogens is 276 g/mol. The van der Waals surface area contributed by atoms with E-state index in [1.807, 2.05) is 0 Å². The molecule has 0 aromatic heterocycles. The average molecular weight is 304 g/mol. The summed E-state index contributed by atoms with van der Waals surface area (Å²) in [6.45, 7) is 4.53. The first kappa shape index (κ1) is 14.9. The van der Waals surface area contributed by atoms with Crippen molar-refractivity contribution in [2.45, 2.75) is 71.3 Å². The van der Waals surface area contributed by atoms with E-state index < -0.39 is 6.10 Å². The molecule has 4 rings (SSSR count). The Labute approximate surface area is 132 Å². The number of aliphatic hydroxyl groups excluding tert-OH is 1. The topological polar surface area (TPSA) is 54.4 Å². The molecule has 0 aromatic carbocycles. The molecule has 7 atom stereocenters. The summed E-state index contributed by atoms with van der Waals surface area (Å²) in [5.74, 6) is 2.77. The second kappa shape index (κ2) is 4.66. The number of ketones is 2. The third kappa shape index (κ3) is 1.78. The van der Waals surface area contributed by atoms with Gasteiger partial charge in [0.05, 0.1) is 0 Å². The maximum Gasteiger partial charge on any atom is 0.161 e. The first-order valence-electron chi connectivity index (χ1n) is 9.10. The zero-order valence-electron chi connectivity index (χ0n) is 13.8. The molecule has 0 radical (unpaired) electrons. The van der Waals surface area contributed by atoms with Crippen molar-refractivity contribution in [2.24, 2.45) is 34.5 Å². The third-order valence-corrected chi connectivity index (χ3v) is 8.23. The summed E-state index contributed by atoms with van der Waals surface area (Å²) in [6.07, 6.45) is 6.72. The van der Waals surface area contributed by atoms with Gasteiger partial charge in [0.25, 0.3) is 0 Å². The van der Waals surface area contributed by atoms with Crippen molar-refractivity contribution in [1.29, 1.82) is 0 Å². The van der Waals surface area contributed by atoms with Crippen LogP contribution >= 0.6 is 0 Å². The zero-order chi connectivity index (χ0) is 15.7. The molecule has 1 unspecified atom stereocenters.